The first-order chi connectivity index (χ1) is 5.77. The van der Waals surface area contributed by atoms with Gasteiger partial charge in [-0.25, -0.2) is 4.98 Å². The van der Waals surface area contributed by atoms with E-state index < -0.39 is 0 Å². The molecule has 12 heavy (non-hydrogen) atoms. The minimum absolute atomic E-state index is 0.0546. The zero-order valence-electron chi connectivity index (χ0n) is 6.20. The van der Waals surface area contributed by atoms with E-state index >= 15 is 0 Å². The van der Waals surface area contributed by atoms with E-state index in [4.69, 9.17) is 0 Å². The lowest BCUT2D eigenvalue weighted by atomic mass is 10.0. The van der Waals surface area contributed by atoms with Crippen molar-refractivity contribution in [1.82, 2.24) is 9.97 Å². The van der Waals surface area contributed by atoms with E-state index in [2.05, 4.69) is 9.97 Å². The Balaban J connectivity index is 2.68. The molecular weight excluding hydrogens is 156 g/mol. The number of H-pyrrole nitrogens is 1. The molecule has 0 saturated carbocycles. The quantitative estimate of drug-likeness (QED) is 0.579. The number of aromatic nitrogens is 2. The lowest BCUT2D eigenvalue weighted by Crippen LogP contribution is -2.20. The summed E-state index contributed by atoms with van der Waals surface area (Å²) in [6, 6.07) is 0. The fourth-order valence-electron chi connectivity index (χ4n) is 1.16. The maximum absolute atomic E-state index is 11.1. The number of aromatic amines is 1. The number of rotatable bonds is 0. The van der Waals surface area contributed by atoms with Gasteiger partial charge in [-0.3, -0.25) is 9.59 Å². The maximum atomic E-state index is 11.1. The average Bonchev–Trinajstić information content (AvgIpc) is 2.07. The number of allylic oxidation sites excluding steroid dienone is 1. The molecule has 0 fully saturated rings. The Bertz CT molecular complexity index is 417. The van der Waals surface area contributed by atoms with Crippen molar-refractivity contribution in [3.05, 3.63) is 34.0 Å². The van der Waals surface area contributed by atoms with E-state index in [0.29, 0.717) is 11.3 Å². The first-order valence-electron chi connectivity index (χ1n) is 3.55. The number of carbonyl (C=O) groups excluding carboxylic acids is 1. The second kappa shape index (κ2) is 2.41. The van der Waals surface area contributed by atoms with Crippen molar-refractivity contribution in [2.24, 2.45) is 0 Å². The highest BCUT2D eigenvalue weighted by Gasteiger charge is 2.13. The molecular formula is C8H6N2O2. The Morgan fingerprint density at radius 2 is 2.17 bits per heavy atom. The lowest BCUT2D eigenvalue weighted by molar-refractivity contribution is -0.114. The molecule has 1 heterocycles. The molecule has 2 rings (SSSR count). The molecule has 0 unspecified atom stereocenters. The molecule has 0 aromatic carbocycles. The van der Waals surface area contributed by atoms with Crippen LogP contribution in [0.3, 0.4) is 0 Å². The zero-order chi connectivity index (χ0) is 8.55. The molecule has 0 spiro atoms. The van der Waals surface area contributed by atoms with E-state index in [0.717, 1.165) is 0 Å². The molecule has 1 aliphatic rings. The summed E-state index contributed by atoms with van der Waals surface area (Å²) < 4.78 is 0. The monoisotopic (exact) mass is 162 g/mol. The first kappa shape index (κ1) is 6.97. The average molecular weight is 162 g/mol. The van der Waals surface area contributed by atoms with Gasteiger partial charge in [-0.15, -0.1) is 0 Å². The molecule has 0 atom stereocenters. The summed E-state index contributed by atoms with van der Waals surface area (Å²) in [5, 5.41) is 0. The van der Waals surface area contributed by atoms with Gasteiger partial charge in [-0.05, 0) is 12.2 Å². The van der Waals surface area contributed by atoms with Gasteiger partial charge in [0, 0.05) is 6.42 Å². The van der Waals surface area contributed by atoms with Gasteiger partial charge in [0.15, 0.2) is 5.78 Å². The van der Waals surface area contributed by atoms with Crippen LogP contribution in [0.1, 0.15) is 11.3 Å². The van der Waals surface area contributed by atoms with Crippen LogP contribution in [0.2, 0.25) is 0 Å². The van der Waals surface area contributed by atoms with Gasteiger partial charge in [0.1, 0.15) is 0 Å². The SMILES string of the molecule is O=C1C=Cc2nc[nH]c(=O)c2C1. The molecule has 1 aromatic rings. The minimum Gasteiger partial charge on any atom is -0.313 e. The van der Waals surface area contributed by atoms with E-state index in [1.54, 1.807) is 6.08 Å². The van der Waals surface area contributed by atoms with Crippen molar-refractivity contribution >= 4 is 11.9 Å². The molecule has 4 heteroatoms. The molecule has 0 bridgehead atoms. The highest BCUT2D eigenvalue weighted by Crippen LogP contribution is 2.08. The molecule has 1 N–H and O–H groups in total. The van der Waals surface area contributed by atoms with E-state index in [1.807, 2.05) is 0 Å². The summed E-state index contributed by atoms with van der Waals surface area (Å²) in [5.74, 6) is -0.0546. The number of fused-ring (bicyclic) bond motifs is 1. The topological polar surface area (TPSA) is 62.8 Å². The van der Waals surface area contributed by atoms with Crippen LogP contribution >= 0.6 is 0 Å². The predicted octanol–water partition coefficient (Wildman–Crippen LogP) is -0.0917. The van der Waals surface area contributed by atoms with Crippen molar-refractivity contribution in [2.75, 3.05) is 0 Å². The van der Waals surface area contributed by atoms with Crippen LogP contribution in [0, 0.1) is 0 Å². The predicted molar refractivity (Wildman–Crippen MR) is 42.6 cm³/mol. The summed E-state index contributed by atoms with van der Waals surface area (Å²) >= 11 is 0. The molecule has 0 saturated heterocycles. The minimum atomic E-state index is -0.224. The summed E-state index contributed by atoms with van der Waals surface area (Å²) in [7, 11) is 0. The van der Waals surface area contributed by atoms with Gasteiger partial charge in [-0.1, -0.05) is 0 Å². The number of carbonyl (C=O) groups is 1. The van der Waals surface area contributed by atoms with Crippen LogP contribution in [0.5, 0.6) is 0 Å². The van der Waals surface area contributed by atoms with Gasteiger partial charge in [0.25, 0.3) is 5.56 Å². The van der Waals surface area contributed by atoms with Crippen LogP contribution in [0.4, 0.5) is 0 Å². The number of nitrogens with zero attached hydrogens (tertiary/aromatic N) is 1. The van der Waals surface area contributed by atoms with Crippen molar-refractivity contribution in [3.8, 4) is 0 Å². The van der Waals surface area contributed by atoms with Crippen LogP contribution in [0.25, 0.3) is 6.08 Å². The Labute approximate surface area is 68.0 Å². The first-order valence-corrected chi connectivity index (χ1v) is 3.55. The van der Waals surface area contributed by atoms with Gasteiger partial charge < -0.3 is 4.98 Å². The molecule has 0 radical (unpaired) electrons. The number of ketones is 1. The van der Waals surface area contributed by atoms with E-state index in [1.165, 1.54) is 12.4 Å². The van der Waals surface area contributed by atoms with Gasteiger partial charge >= 0.3 is 0 Å². The normalized spacial score (nSPS) is 14.5. The molecule has 4 nitrogen and oxygen atoms in total. The Morgan fingerprint density at radius 3 is 3.00 bits per heavy atom. The molecule has 0 aliphatic heterocycles. The second-order valence-electron chi connectivity index (χ2n) is 2.57. The maximum Gasteiger partial charge on any atom is 0.254 e. The van der Waals surface area contributed by atoms with Crippen molar-refractivity contribution in [1.29, 1.82) is 0 Å². The van der Waals surface area contributed by atoms with Crippen molar-refractivity contribution < 1.29 is 4.79 Å². The van der Waals surface area contributed by atoms with Gasteiger partial charge in [0.2, 0.25) is 0 Å². The highest BCUT2D eigenvalue weighted by atomic mass is 16.1. The van der Waals surface area contributed by atoms with Crippen molar-refractivity contribution in [2.45, 2.75) is 6.42 Å². The van der Waals surface area contributed by atoms with Crippen LogP contribution in [-0.2, 0) is 11.2 Å². The highest BCUT2D eigenvalue weighted by molar-refractivity contribution is 5.97. The lowest BCUT2D eigenvalue weighted by Gasteiger charge is -2.05. The molecule has 60 valence electrons. The van der Waals surface area contributed by atoms with E-state index in [9.17, 15) is 9.59 Å². The molecule has 1 aromatic heterocycles. The number of hydrogen-bond acceptors (Lipinski definition) is 3. The fraction of sp³-hybridized carbons (Fsp3) is 0.125. The Hall–Kier alpha value is -1.71. The largest absolute Gasteiger partial charge is 0.313 e. The fourth-order valence-corrected chi connectivity index (χ4v) is 1.16. The van der Waals surface area contributed by atoms with Crippen LogP contribution < -0.4 is 5.56 Å². The summed E-state index contributed by atoms with van der Waals surface area (Å²) in [6.45, 7) is 0. The zero-order valence-corrected chi connectivity index (χ0v) is 6.20. The molecule has 1 aliphatic carbocycles. The van der Waals surface area contributed by atoms with Gasteiger partial charge in [0.05, 0.1) is 17.6 Å². The third-order valence-corrected chi connectivity index (χ3v) is 1.76. The van der Waals surface area contributed by atoms with E-state index in [-0.39, 0.29) is 17.8 Å². The molecule has 0 amide bonds. The van der Waals surface area contributed by atoms with Crippen molar-refractivity contribution in [3.63, 3.8) is 0 Å². The second-order valence-corrected chi connectivity index (χ2v) is 2.57. The number of nitrogens with one attached hydrogen (secondary N) is 1. The Morgan fingerprint density at radius 1 is 1.33 bits per heavy atom. The summed E-state index contributed by atoms with van der Waals surface area (Å²) in [5.41, 5.74) is 0.834. The van der Waals surface area contributed by atoms with Crippen LogP contribution in [0.15, 0.2) is 17.2 Å². The van der Waals surface area contributed by atoms with Gasteiger partial charge in [-0.2, -0.15) is 0 Å². The number of hydrogen-bond donors (Lipinski definition) is 1. The Kier molecular flexibility index (Phi) is 1.40. The summed E-state index contributed by atoms with van der Waals surface area (Å²) in [4.78, 5) is 28.4. The smallest absolute Gasteiger partial charge is 0.254 e. The standard InChI is InChI=1S/C8H6N2O2/c11-5-1-2-7-6(3-5)8(12)10-4-9-7/h1-2,4H,3H2,(H,9,10,12). The van der Waals surface area contributed by atoms with Crippen LogP contribution in [-0.4, -0.2) is 15.8 Å². The third kappa shape index (κ3) is 0.972. The summed E-state index contributed by atoms with van der Waals surface area (Å²) in [6.07, 6.45) is 4.50. The third-order valence-electron chi connectivity index (χ3n) is 1.76.